The van der Waals surface area contributed by atoms with Gasteiger partial charge in [0.2, 0.25) is 0 Å². The molecular weight excluding hydrogens is 297 g/mol. The lowest BCUT2D eigenvalue weighted by atomic mass is 10.1. The Balaban J connectivity index is 3.19. The number of unbranched alkanes of at least 4 members (excludes halogenated alkanes) is 6. The standard InChI is InChI=1S/C12H22BrF3O/c1-11(12(14,15)16)17-10-8-6-4-2-3-5-7-9-13/h11H,2-10H2,1H3. The monoisotopic (exact) mass is 318 g/mol. The number of halogens is 4. The molecule has 1 atom stereocenters. The van der Waals surface area contributed by atoms with Crippen LogP contribution in [-0.2, 0) is 4.74 Å². The van der Waals surface area contributed by atoms with Crippen LogP contribution >= 0.6 is 15.9 Å². The van der Waals surface area contributed by atoms with Gasteiger partial charge in [0, 0.05) is 11.9 Å². The Morgan fingerprint density at radius 1 is 0.941 bits per heavy atom. The third-order valence-electron chi connectivity index (χ3n) is 2.61. The molecule has 0 aromatic rings. The van der Waals surface area contributed by atoms with Gasteiger partial charge >= 0.3 is 6.18 Å². The lowest BCUT2D eigenvalue weighted by Crippen LogP contribution is -2.28. The highest BCUT2D eigenvalue weighted by molar-refractivity contribution is 9.09. The molecule has 0 aliphatic carbocycles. The van der Waals surface area contributed by atoms with E-state index in [1.54, 1.807) is 0 Å². The van der Waals surface area contributed by atoms with Gasteiger partial charge in [-0.2, -0.15) is 13.2 Å². The SMILES string of the molecule is CC(OCCCCCCCCCBr)C(F)(F)F. The Kier molecular flexibility index (Phi) is 10.3. The van der Waals surface area contributed by atoms with Crippen LogP contribution in [0.25, 0.3) is 0 Å². The van der Waals surface area contributed by atoms with Crippen molar-refractivity contribution in [3.8, 4) is 0 Å². The first kappa shape index (κ1) is 17.2. The summed E-state index contributed by atoms with van der Waals surface area (Å²) in [6.07, 6.45) is 1.72. The summed E-state index contributed by atoms with van der Waals surface area (Å²) in [5, 5.41) is 1.05. The van der Waals surface area contributed by atoms with Crippen LogP contribution in [0.5, 0.6) is 0 Å². The topological polar surface area (TPSA) is 9.23 Å². The van der Waals surface area contributed by atoms with Gasteiger partial charge in [-0.3, -0.25) is 0 Å². The van der Waals surface area contributed by atoms with Crippen LogP contribution in [0.3, 0.4) is 0 Å². The van der Waals surface area contributed by atoms with E-state index in [2.05, 4.69) is 15.9 Å². The zero-order chi connectivity index (χ0) is 13.1. The fourth-order valence-electron chi connectivity index (χ4n) is 1.44. The van der Waals surface area contributed by atoms with Gasteiger partial charge in [-0.05, 0) is 19.8 Å². The molecule has 0 bridgehead atoms. The first-order chi connectivity index (χ1) is 7.98. The van der Waals surface area contributed by atoms with Crippen molar-refractivity contribution in [3.63, 3.8) is 0 Å². The second kappa shape index (κ2) is 10.2. The maximum absolute atomic E-state index is 12.1. The van der Waals surface area contributed by atoms with Gasteiger partial charge in [0.15, 0.2) is 6.10 Å². The van der Waals surface area contributed by atoms with Crippen LogP contribution in [-0.4, -0.2) is 24.2 Å². The summed E-state index contributed by atoms with van der Waals surface area (Å²) < 4.78 is 40.9. The second-order valence-electron chi connectivity index (χ2n) is 4.22. The van der Waals surface area contributed by atoms with Crippen LogP contribution in [0.4, 0.5) is 13.2 Å². The van der Waals surface area contributed by atoms with E-state index >= 15 is 0 Å². The summed E-state index contributed by atoms with van der Waals surface area (Å²) in [4.78, 5) is 0. The van der Waals surface area contributed by atoms with Crippen LogP contribution in [0.15, 0.2) is 0 Å². The molecule has 0 aliphatic heterocycles. The number of hydrogen-bond donors (Lipinski definition) is 0. The molecule has 0 saturated carbocycles. The van der Waals surface area contributed by atoms with Crippen molar-refractivity contribution in [2.75, 3.05) is 11.9 Å². The first-order valence-corrected chi connectivity index (χ1v) is 7.35. The first-order valence-electron chi connectivity index (χ1n) is 6.22. The average molecular weight is 319 g/mol. The quantitative estimate of drug-likeness (QED) is 0.403. The van der Waals surface area contributed by atoms with Crippen LogP contribution in [0.2, 0.25) is 0 Å². The summed E-state index contributed by atoms with van der Waals surface area (Å²) in [6, 6.07) is 0. The molecule has 17 heavy (non-hydrogen) atoms. The van der Waals surface area contributed by atoms with E-state index in [0.717, 1.165) is 31.5 Å². The minimum atomic E-state index is -4.23. The highest BCUT2D eigenvalue weighted by Crippen LogP contribution is 2.22. The predicted molar refractivity (Wildman–Crippen MR) is 67.6 cm³/mol. The van der Waals surface area contributed by atoms with E-state index in [1.165, 1.54) is 25.7 Å². The summed E-state index contributed by atoms with van der Waals surface area (Å²) >= 11 is 3.37. The predicted octanol–water partition coefficient (Wildman–Crippen LogP) is 5.08. The van der Waals surface area contributed by atoms with Crippen molar-refractivity contribution >= 4 is 15.9 Å². The summed E-state index contributed by atoms with van der Waals surface area (Å²) in [7, 11) is 0. The minimum Gasteiger partial charge on any atom is -0.369 e. The normalized spacial score (nSPS) is 13.9. The minimum absolute atomic E-state index is 0.210. The molecule has 0 amide bonds. The van der Waals surface area contributed by atoms with E-state index < -0.39 is 12.3 Å². The van der Waals surface area contributed by atoms with Gasteiger partial charge in [0.25, 0.3) is 0 Å². The Bertz CT molecular complexity index is 174. The summed E-state index contributed by atoms with van der Waals surface area (Å²) in [5.41, 5.74) is 0. The van der Waals surface area contributed by atoms with E-state index in [0.29, 0.717) is 0 Å². The summed E-state index contributed by atoms with van der Waals surface area (Å²) in [6.45, 7) is 1.27. The van der Waals surface area contributed by atoms with E-state index in [4.69, 9.17) is 4.74 Å². The fraction of sp³-hybridized carbons (Fsp3) is 1.00. The molecule has 0 saturated heterocycles. The Morgan fingerprint density at radius 3 is 1.88 bits per heavy atom. The van der Waals surface area contributed by atoms with Gasteiger partial charge in [0.1, 0.15) is 0 Å². The molecule has 0 aliphatic rings. The third kappa shape index (κ3) is 11.1. The highest BCUT2D eigenvalue weighted by Gasteiger charge is 2.36. The maximum atomic E-state index is 12.1. The molecule has 1 unspecified atom stereocenters. The molecule has 0 heterocycles. The van der Waals surface area contributed by atoms with E-state index in [1.807, 2.05) is 0 Å². The van der Waals surface area contributed by atoms with Crippen molar-refractivity contribution in [2.24, 2.45) is 0 Å². The van der Waals surface area contributed by atoms with Crippen LogP contribution < -0.4 is 0 Å². The number of rotatable bonds is 10. The van der Waals surface area contributed by atoms with Gasteiger partial charge < -0.3 is 4.74 Å². The van der Waals surface area contributed by atoms with Gasteiger partial charge in [-0.15, -0.1) is 0 Å². The molecule has 0 N–H and O–H groups in total. The molecule has 1 nitrogen and oxygen atoms in total. The van der Waals surface area contributed by atoms with Crippen molar-refractivity contribution in [1.29, 1.82) is 0 Å². The average Bonchev–Trinajstić information content (AvgIpc) is 2.25. The largest absolute Gasteiger partial charge is 0.414 e. The lowest BCUT2D eigenvalue weighted by molar-refractivity contribution is -0.214. The van der Waals surface area contributed by atoms with Crippen LogP contribution in [0.1, 0.15) is 51.9 Å². The van der Waals surface area contributed by atoms with Gasteiger partial charge in [0.05, 0.1) is 0 Å². The molecule has 0 fully saturated rings. The van der Waals surface area contributed by atoms with Crippen molar-refractivity contribution < 1.29 is 17.9 Å². The molecule has 0 aromatic carbocycles. The fourth-order valence-corrected chi connectivity index (χ4v) is 1.83. The molecule has 0 aromatic heterocycles. The maximum Gasteiger partial charge on any atom is 0.414 e. The molecule has 0 spiro atoms. The molecular formula is C12H22BrF3O. The van der Waals surface area contributed by atoms with Crippen molar-refractivity contribution in [1.82, 2.24) is 0 Å². The van der Waals surface area contributed by atoms with E-state index in [-0.39, 0.29) is 6.61 Å². The lowest BCUT2D eigenvalue weighted by Gasteiger charge is -2.16. The highest BCUT2D eigenvalue weighted by atomic mass is 79.9. The second-order valence-corrected chi connectivity index (χ2v) is 5.01. The van der Waals surface area contributed by atoms with Gasteiger partial charge in [-0.25, -0.2) is 0 Å². The Morgan fingerprint density at radius 2 is 1.41 bits per heavy atom. The zero-order valence-corrected chi connectivity index (χ0v) is 11.9. The van der Waals surface area contributed by atoms with Crippen molar-refractivity contribution in [3.05, 3.63) is 0 Å². The van der Waals surface area contributed by atoms with Crippen molar-refractivity contribution in [2.45, 2.75) is 64.1 Å². The molecule has 5 heteroatoms. The van der Waals surface area contributed by atoms with Gasteiger partial charge in [-0.1, -0.05) is 48.0 Å². The number of hydrogen-bond acceptors (Lipinski definition) is 1. The molecule has 104 valence electrons. The third-order valence-corrected chi connectivity index (χ3v) is 3.17. The summed E-state index contributed by atoms with van der Waals surface area (Å²) in [5.74, 6) is 0. The molecule has 0 radical (unpaired) electrons. The molecule has 0 rings (SSSR count). The van der Waals surface area contributed by atoms with E-state index in [9.17, 15) is 13.2 Å². The number of ether oxygens (including phenoxy) is 1. The zero-order valence-electron chi connectivity index (χ0n) is 10.4. The number of alkyl halides is 4. The van der Waals surface area contributed by atoms with Crippen LogP contribution in [0, 0.1) is 0 Å². The Hall–Kier alpha value is 0.230. The smallest absolute Gasteiger partial charge is 0.369 e. The Labute approximate surface area is 110 Å².